The van der Waals surface area contributed by atoms with E-state index in [1.165, 1.54) is 7.11 Å². The highest BCUT2D eigenvalue weighted by molar-refractivity contribution is 9.10. The van der Waals surface area contributed by atoms with E-state index >= 15 is 0 Å². The quantitative estimate of drug-likeness (QED) is 0.368. The number of esters is 1. The third-order valence-electron chi connectivity index (χ3n) is 3.32. The molecule has 0 amide bonds. The molecule has 0 aliphatic rings. The topological polar surface area (TPSA) is 95.9 Å². The van der Waals surface area contributed by atoms with E-state index in [0.717, 1.165) is 5.56 Å². The third kappa shape index (κ3) is 2.98. The molecule has 2 heterocycles. The first-order chi connectivity index (χ1) is 11.4. The number of hydrogen-bond donors (Lipinski definition) is 1. The van der Waals surface area contributed by atoms with Crippen molar-refractivity contribution in [3.63, 3.8) is 0 Å². The Hall–Kier alpha value is -2.07. The fraction of sp³-hybridized carbons (Fsp3) is 0.143. The normalized spacial score (nSPS) is 11.0. The molecule has 1 aromatic carbocycles. The van der Waals surface area contributed by atoms with Gasteiger partial charge >= 0.3 is 12.0 Å². The highest BCUT2D eigenvalue weighted by atomic mass is 79.9. The number of benzene rings is 1. The molecule has 10 heteroatoms. The number of rotatable bonds is 3. The Labute approximate surface area is 152 Å². The number of carbonyl (C=O) groups excluding carboxylic acids is 1. The molecule has 2 N–H and O–H groups in total. The molecule has 124 valence electrons. The average molecular weight is 459 g/mol. The molecular weight excluding hydrogens is 449 g/mol. The van der Waals surface area contributed by atoms with Gasteiger partial charge in [-0.15, -0.1) is 0 Å². The molecule has 24 heavy (non-hydrogen) atoms. The number of methoxy groups -OCH3 is 1. The second kappa shape index (κ2) is 6.44. The molecule has 0 aliphatic heterocycles. The molecule has 0 unspecified atom stereocenters. The molecule has 7 nitrogen and oxygen atoms in total. The summed E-state index contributed by atoms with van der Waals surface area (Å²) in [4.78, 5) is 23.2. The van der Waals surface area contributed by atoms with Crippen LogP contribution < -0.4 is 5.73 Å². The third-order valence-corrected chi connectivity index (χ3v) is 4.62. The molecule has 0 fully saturated rings. The van der Waals surface area contributed by atoms with Gasteiger partial charge in [-0.1, -0.05) is 6.07 Å². The van der Waals surface area contributed by atoms with Crippen molar-refractivity contribution in [2.24, 2.45) is 0 Å². The van der Waals surface area contributed by atoms with Crippen LogP contribution in [0.15, 0.2) is 27.4 Å². The summed E-state index contributed by atoms with van der Waals surface area (Å²) in [6.07, 6.45) is -0.931. The lowest BCUT2D eigenvalue weighted by Crippen LogP contribution is -2.07. The molecule has 0 radical (unpaired) electrons. The van der Waals surface area contributed by atoms with E-state index in [1.54, 1.807) is 16.7 Å². The van der Waals surface area contributed by atoms with Gasteiger partial charge in [0.2, 0.25) is 0 Å². The van der Waals surface area contributed by atoms with Gasteiger partial charge in [0.1, 0.15) is 0 Å². The molecule has 0 saturated carbocycles. The van der Waals surface area contributed by atoms with Gasteiger partial charge in [-0.2, -0.15) is 14.4 Å². The second-order valence-electron chi connectivity index (χ2n) is 4.82. The number of hydrogen-bond acceptors (Lipinski definition) is 6. The highest BCUT2D eigenvalue weighted by Gasteiger charge is 2.17. The van der Waals surface area contributed by atoms with Crippen LogP contribution in [0.1, 0.15) is 15.9 Å². The van der Waals surface area contributed by atoms with Crippen LogP contribution in [-0.2, 0) is 11.3 Å². The molecule has 0 aliphatic carbocycles. The molecule has 0 saturated heterocycles. The molecule has 3 aromatic rings. The number of imidazole rings is 1. The maximum absolute atomic E-state index is 13.5. The summed E-state index contributed by atoms with van der Waals surface area (Å²) in [6.45, 7) is 0.296. The Kier molecular flexibility index (Phi) is 4.50. The predicted octanol–water partition coefficient (Wildman–Crippen LogP) is 2.91. The van der Waals surface area contributed by atoms with Gasteiger partial charge in [-0.05, 0) is 49.6 Å². The van der Waals surface area contributed by atoms with Crippen LogP contribution in [0, 0.1) is 6.08 Å². The van der Waals surface area contributed by atoms with Crippen molar-refractivity contribution < 1.29 is 13.9 Å². The molecule has 0 atom stereocenters. The lowest BCUT2D eigenvalue weighted by Gasteiger charge is -2.09. The standard InChI is InChI=1S/C14H10Br2FN5O2/c1-24-12(23)7-4-6(2-3-8(7)15)5-22-11-9(19-13(22)16)10(18)20-14(17)21-11/h2-4H,5H2,1H3,(H2,18,20,21). The predicted molar refractivity (Wildman–Crippen MR) is 92.0 cm³/mol. The molecule has 2 aromatic heterocycles. The van der Waals surface area contributed by atoms with Crippen molar-refractivity contribution in [1.29, 1.82) is 0 Å². The largest absolute Gasteiger partial charge is 0.465 e. The first-order valence-electron chi connectivity index (χ1n) is 6.62. The van der Waals surface area contributed by atoms with Crippen molar-refractivity contribution >= 4 is 54.8 Å². The van der Waals surface area contributed by atoms with Crippen LogP contribution in [0.5, 0.6) is 0 Å². The summed E-state index contributed by atoms with van der Waals surface area (Å²) in [5.41, 5.74) is 7.40. The monoisotopic (exact) mass is 457 g/mol. The van der Waals surface area contributed by atoms with Gasteiger partial charge in [-0.3, -0.25) is 4.57 Å². The minimum Gasteiger partial charge on any atom is -0.465 e. The van der Waals surface area contributed by atoms with Gasteiger partial charge in [0.05, 0.1) is 19.2 Å². The van der Waals surface area contributed by atoms with Crippen molar-refractivity contribution in [3.05, 3.63) is 44.6 Å². The Morgan fingerprint density at radius 3 is 2.79 bits per heavy atom. The fourth-order valence-electron chi connectivity index (χ4n) is 2.23. The Bertz CT molecular complexity index is 960. The summed E-state index contributed by atoms with van der Waals surface area (Å²) in [6, 6.07) is 5.23. The lowest BCUT2D eigenvalue weighted by atomic mass is 10.1. The van der Waals surface area contributed by atoms with Crippen molar-refractivity contribution in [3.8, 4) is 0 Å². The SMILES string of the molecule is COC(=O)c1cc(Cn2c(Br)nc3c(N)nc(F)nc32)ccc1Br. The van der Waals surface area contributed by atoms with Crippen LogP contribution in [0.4, 0.5) is 10.2 Å². The van der Waals surface area contributed by atoms with E-state index in [4.69, 9.17) is 10.5 Å². The zero-order valence-corrected chi connectivity index (χ0v) is 15.4. The van der Waals surface area contributed by atoms with Gasteiger partial charge in [-0.25, -0.2) is 9.78 Å². The first kappa shape index (κ1) is 16.8. The number of ether oxygens (including phenoxy) is 1. The number of fused-ring (bicyclic) bond motifs is 1. The first-order valence-corrected chi connectivity index (χ1v) is 8.20. The summed E-state index contributed by atoms with van der Waals surface area (Å²) in [5.74, 6) is -0.501. The Morgan fingerprint density at radius 1 is 1.33 bits per heavy atom. The fourth-order valence-corrected chi connectivity index (χ4v) is 3.11. The van der Waals surface area contributed by atoms with E-state index in [9.17, 15) is 9.18 Å². The molecule has 3 rings (SSSR count). The smallest absolute Gasteiger partial charge is 0.339 e. The van der Waals surface area contributed by atoms with E-state index in [-0.39, 0.29) is 11.5 Å². The Morgan fingerprint density at radius 2 is 2.08 bits per heavy atom. The number of nitrogen functional groups attached to an aromatic ring is 1. The summed E-state index contributed by atoms with van der Waals surface area (Å²) >= 11 is 6.61. The van der Waals surface area contributed by atoms with Crippen LogP contribution in [0.2, 0.25) is 0 Å². The van der Waals surface area contributed by atoms with Crippen LogP contribution in [-0.4, -0.2) is 32.6 Å². The molecular formula is C14H10Br2FN5O2. The lowest BCUT2D eigenvalue weighted by molar-refractivity contribution is 0.0599. The van der Waals surface area contributed by atoms with Crippen molar-refractivity contribution in [2.45, 2.75) is 6.54 Å². The van der Waals surface area contributed by atoms with Crippen LogP contribution in [0.3, 0.4) is 0 Å². The number of nitrogens with two attached hydrogens (primary N) is 1. The molecule has 0 spiro atoms. The summed E-state index contributed by atoms with van der Waals surface area (Å²) in [5, 5.41) is 0. The van der Waals surface area contributed by atoms with Gasteiger partial charge in [0.25, 0.3) is 0 Å². The minimum atomic E-state index is -0.931. The number of nitrogens with zero attached hydrogens (tertiary/aromatic N) is 4. The zero-order chi connectivity index (χ0) is 17.4. The maximum Gasteiger partial charge on any atom is 0.339 e. The summed E-state index contributed by atoms with van der Waals surface area (Å²) < 4.78 is 20.9. The maximum atomic E-state index is 13.5. The van der Waals surface area contributed by atoms with E-state index in [2.05, 4.69) is 46.8 Å². The summed E-state index contributed by atoms with van der Waals surface area (Å²) in [7, 11) is 1.31. The minimum absolute atomic E-state index is 0.0389. The van der Waals surface area contributed by atoms with E-state index in [0.29, 0.717) is 26.8 Å². The van der Waals surface area contributed by atoms with Gasteiger partial charge in [0.15, 0.2) is 21.7 Å². The zero-order valence-electron chi connectivity index (χ0n) is 12.3. The number of halogens is 3. The average Bonchev–Trinajstić information content (AvgIpc) is 2.85. The van der Waals surface area contributed by atoms with Crippen molar-refractivity contribution in [2.75, 3.05) is 12.8 Å². The van der Waals surface area contributed by atoms with Crippen LogP contribution >= 0.6 is 31.9 Å². The highest BCUT2D eigenvalue weighted by Crippen LogP contribution is 2.25. The van der Waals surface area contributed by atoms with E-state index in [1.807, 2.05) is 6.07 Å². The van der Waals surface area contributed by atoms with Crippen LogP contribution in [0.25, 0.3) is 11.2 Å². The van der Waals surface area contributed by atoms with Crippen molar-refractivity contribution in [1.82, 2.24) is 19.5 Å². The van der Waals surface area contributed by atoms with E-state index < -0.39 is 12.0 Å². The second-order valence-corrected chi connectivity index (χ2v) is 6.39. The number of aromatic nitrogens is 4. The number of anilines is 1. The van der Waals surface area contributed by atoms with Gasteiger partial charge < -0.3 is 10.5 Å². The molecule has 0 bridgehead atoms. The Balaban J connectivity index is 2.08. The number of carbonyl (C=O) groups is 1. The van der Waals surface area contributed by atoms with Gasteiger partial charge in [0, 0.05) is 4.47 Å².